The third kappa shape index (κ3) is 2.71. The van der Waals surface area contributed by atoms with Gasteiger partial charge in [-0.25, -0.2) is 9.97 Å². The summed E-state index contributed by atoms with van der Waals surface area (Å²) in [6.45, 7) is 0.926. The zero-order valence-electron chi connectivity index (χ0n) is 16.1. The summed E-state index contributed by atoms with van der Waals surface area (Å²) in [5, 5.41) is 0. The number of ether oxygens (including phenoxy) is 1. The van der Waals surface area contributed by atoms with Crippen LogP contribution in [0.1, 0.15) is 22.5 Å². The number of hydrogen-bond donors (Lipinski definition) is 0. The van der Waals surface area contributed by atoms with E-state index in [1.807, 2.05) is 43.6 Å². The molecule has 2 aliphatic rings. The highest BCUT2D eigenvalue weighted by atomic mass is 16.5. The molecule has 0 unspecified atom stereocenters. The summed E-state index contributed by atoms with van der Waals surface area (Å²) in [7, 11) is 1.83. The quantitative estimate of drug-likeness (QED) is 0.658. The molecule has 0 radical (unpaired) electrons. The number of likely N-dealkylation sites (tertiary alicyclic amines) is 1. The van der Waals surface area contributed by atoms with Crippen molar-refractivity contribution in [3.05, 3.63) is 66.2 Å². The van der Waals surface area contributed by atoms with Crippen LogP contribution in [-0.2, 0) is 15.1 Å². The maximum atomic E-state index is 13.1. The lowest BCUT2D eigenvalue weighted by molar-refractivity contribution is -0.180. The predicted molar refractivity (Wildman–Crippen MR) is 104 cm³/mol. The first kappa shape index (κ1) is 17.8. The zero-order valence-corrected chi connectivity index (χ0v) is 16.1. The lowest BCUT2D eigenvalue weighted by atomic mass is 9.76. The number of nitrogens with zero attached hydrogens (tertiary/aromatic N) is 5. The number of aromatic nitrogens is 3. The second kappa shape index (κ2) is 6.66. The molecular weight excluding hydrogens is 370 g/mol. The summed E-state index contributed by atoms with van der Waals surface area (Å²) in [5.41, 5.74) is 0.814. The summed E-state index contributed by atoms with van der Waals surface area (Å²) >= 11 is 0. The van der Waals surface area contributed by atoms with Crippen LogP contribution in [0.15, 0.2) is 55.0 Å². The van der Waals surface area contributed by atoms with Gasteiger partial charge in [-0.05, 0) is 18.1 Å². The molecule has 5 rings (SSSR count). The number of likely N-dealkylation sites (N-methyl/N-ethyl adjacent to an activating group) is 1. The molecule has 2 aromatic heterocycles. The van der Waals surface area contributed by atoms with Gasteiger partial charge in [-0.1, -0.05) is 30.3 Å². The van der Waals surface area contributed by atoms with Gasteiger partial charge >= 0.3 is 0 Å². The van der Waals surface area contributed by atoms with Gasteiger partial charge < -0.3 is 14.5 Å². The van der Waals surface area contributed by atoms with Crippen molar-refractivity contribution in [2.75, 3.05) is 26.7 Å². The molecule has 1 aromatic carbocycles. The van der Waals surface area contributed by atoms with Gasteiger partial charge in [0, 0.05) is 38.7 Å². The molecule has 2 atom stereocenters. The molecule has 148 valence electrons. The van der Waals surface area contributed by atoms with E-state index in [0.717, 1.165) is 5.56 Å². The van der Waals surface area contributed by atoms with Gasteiger partial charge in [-0.3, -0.25) is 14.0 Å². The zero-order chi connectivity index (χ0) is 20.0. The Morgan fingerprint density at radius 1 is 1.24 bits per heavy atom. The lowest BCUT2D eigenvalue weighted by Crippen LogP contribution is -2.67. The Morgan fingerprint density at radius 2 is 2.07 bits per heavy atom. The van der Waals surface area contributed by atoms with E-state index in [4.69, 9.17) is 4.74 Å². The second-order valence-corrected chi connectivity index (χ2v) is 7.50. The van der Waals surface area contributed by atoms with Crippen molar-refractivity contribution in [3.63, 3.8) is 0 Å². The number of piperidine rings is 1. The fourth-order valence-corrected chi connectivity index (χ4v) is 4.50. The van der Waals surface area contributed by atoms with Crippen molar-refractivity contribution >= 4 is 17.6 Å². The molecule has 0 bridgehead atoms. The van der Waals surface area contributed by atoms with Crippen molar-refractivity contribution in [1.82, 2.24) is 24.2 Å². The van der Waals surface area contributed by atoms with Gasteiger partial charge in [-0.2, -0.15) is 0 Å². The van der Waals surface area contributed by atoms with Gasteiger partial charge in [0.2, 0.25) is 11.7 Å². The van der Waals surface area contributed by atoms with Gasteiger partial charge in [-0.15, -0.1) is 0 Å². The van der Waals surface area contributed by atoms with E-state index in [9.17, 15) is 9.59 Å². The topological polar surface area (TPSA) is 80.0 Å². The van der Waals surface area contributed by atoms with Gasteiger partial charge in [0.1, 0.15) is 18.4 Å². The summed E-state index contributed by atoms with van der Waals surface area (Å²) in [4.78, 5) is 37.7. The minimum atomic E-state index is -0.576. The summed E-state index contributed by atoms with van der Waals surface area (Å²) in [6, 6.07) is 11.7. The fraction of sp³-hybridized carbons (Fsp3) is 0.333. The third-order valence-corrected chi connectivity index (χ3v) is 6.08. The number of carbonyl (C=O) groups is 2. The smallest absolute Gasteiger partial charge is 0.274 e. The Balaban J connectivity index is 1.46. The lowest BCUT2D eigenvalue weighted by Gasteiger charge is -2.54. The van der Waals surface area contributed by atoms with Crippen LogP contribution in [-0.4, -0.2) is 68.8 Å². The molecule has 0 spiro atoms. The first-order valence-electron chi connectivity index (χ1n) is 9.62. The molecule has 0 aliphatic carbocycles. The van der Waals surface area contributed by atoms with E-state index in [0.29, 0.717) is 31.0 Å². The standard InChI is InChI=1S/C21H21N5O3/c1-24-18(27)14-29-17-13-25(11-8-21(17,24)15-6-3-2-4-7-15)19(28)16-12-26-10-5-9-22-20(26)23-16/h2-7,9-10,12,17H,8,11,13-14H2,1H3/t17-,21+/m1/s1. The summed E-state index contributed by atoms with van der Waals surface area (Å²) in [6.07, 6.45) is 5.45. The first-order valence-corrected chi connectivity index (χ1v) is 9.62. The minimum Gasteiger partial charge on any atom is -0.364 e. The molecule has 29 heavy (non-hydrogen) atoms. The molecular formula is C21H21N5O3. The molecule has 0 saturated carbocycles. The first-order chi connectivity index (χ1) is 14.1. The van der Waals surface area contributed by atoms with Crippen LogP contribution >= 0.6 is 0 Å². The Bertz CT molecular complexity index is 1050. The molecule has 8 heteroatoms. The normalized spacial score (nSPS) is 24.6. The van der Waals surface area contributed by atoms with Gasteiger partial charge in [0.15, 0.2) is 0 Å². The Kier molecular flexibility index (Phi) is 4.09. The van der Waals surface area contributed by atoms with E-state index in [1.54, 1.807) is 32.7 Å². The van der Waals surface area contributed by atoms with Crippen molar-refractivity contribution in [3.8, 4) is 0 Å². The maximum Gasteiger partial charge on any atom is 0.274 e. The largest absolute Gasteiger partial charge is 0.364 e. The molecule has 2 saturated heterocycles. The number of morpholine rings is 1. The van der Waals surface area contributed by atoms with Crippen molar-refractivity contribution in [2.24, 2.45) is 0 Å². The Hall–Kier alpha value is -3.26. The van der Waals surface area contributed by atoms with Crippen molar-refractivity contribution in [2.45, 2.75) is 18.1 Å². The van der Waals surface area contributed by atoms with Gasteiger partial charge in [0.25, 0.3) is 5.91 Å². The Morgan fingerprint density at radius 3 is 2.86 bits per heavy atom. The average Bonchev–Trinajstić information content (AvgIpc) is 3.20. The van der Waals surface area contributed by atoms with Crippen LogP contribution in [0.4, 0.5) is 0 Å². The summed E-state index contributed by atoms with van der Waals surface area (Å²) in [5.74, 6) is 0.294. The molecule has 0 N–H and O–H groups in total. The van der Waals surface area contributed by atoms with E-state index >= 15 is 0 Å². The van der Waals surface area contributed by atoms with E-state index in [2.05, 4.69) is 9.97 Å². The highest BCUT2D eigenvalue weighted by molar-refractivity contribution is 5.93. The number of amides is 2. The van der Waals surface area contributed by atoms with Crippen LogP contribution in [0.25, 0.3) is 5.78 Å². The molecule has 2 fully saturated rings. The minimum absolute atomic E-state index is 0.0239. The number of carbonyl (C=O) groups excluding carboxylic acids is 2. The van der Waals surface area contributed by atoms with E-state index < -0.39 is 5.54 Å². The number of rotatable bonds is 2. The Labute approximate surface area is 167 Å². The van der Waals surface area contributed by atoms with Crippen LogP contribution in [0.5, 0.6) is 0 Å². The number of hydrogen-bond acceptors (Lipinski definition) is 5. The molecule has 2 aliphatic heterocycles. The second-order valence-electron chi connectivity index (χ2n) is 7.50. The maximum absolute atomic E-state index is 13.1. The van der Waals surface area contributed by atoms with Gasteiger partial charge in [0.05, 0.1) is 5.54 Å². The van der Waals surface area contributed by atoms with E-state index in [1.165, 1.54) is 0 Å². The predicted octanol–water partition coefficient (Wildman–Crippen LogP) is 1.33. The molecule has 4 heterocycles. The molecule has 3 aromatic rings. The number of imidazole rings is 1. The molecule has 8 nitrogen and oxygen atoms in total. The van der Waals surface area contributed by atoms with Crippen molar-refractivity contribution in [1.29, 1.82) is 0 Å². The van der Waals surface area contributed by atoms with Crippen molar-refractivity contribution < 1.29 is 14.3 Å². The monoisotopic (exact) mass is 391 g/mol. The average molecular weight is 391 g/mol. The van der Waals surface area contributed by atoms with Crippen LogP contribution in [0.2, 0.25) is 0 Å². The summed E-state index contributed by atoms with van der Waals surface area (Å²) < 4.78 is 7.71. The number of fused-ring (bicyclic) bond motifs is 2. The van der Waals surface area contributed by atoms with Crippen LogP contribution < -0.4 is 0 Å². The third-order valence-electron chi connectivity index (χ3n) is 6.08. The SMILES string of the molecule is CN1C(=O)CO[C@@H]2CN(C(=O)c3cn4cccnc4n3)CC[C@]21c1ccccc1. The fourth-order valence-electron chi connectivity index (χ4n) is 4.50. The number of benzene rings is 1. The van der Waals surface area contributed by atoms with E-state index in [-0.39, 0.29) is 24.5 Å². The highest BCUT2D eigenvalue weighted by Gasteiger charge is 2.53. The van der Waals surface area contributed by atoms with Crippen LogP contribution in [0, 0.1) is 0 Å². The highest BCUT2D eigenvalue weighted by Crippen LogP contribution is 2.42. The van der Waals surface area contributed by atoms with Crippen LogP contribution in [0.3, 0.4) is 0 Å². The molecule has 2 amide bonds.